The highest BCUT2D eigenvalue weighted by Crippen LogP contribution is 2.16. The first-order chi connectivity index (χ1) is 17.4. The summed E-state index contributed by atoms with van der Waals surface area (Å²) in [6.07, 6.45) is 17.1. The van der Waals surface area contributed by atoms with Crippen LogP contribution in [0.4, 0.5) is 0 Å². The van der Waals surface area contributed by atoms with Crippen molar-refractivity contribution in [1.82, 2.24) is 0 Å². The maximum Gasteiger partial charge on any atom is 0.0468 e. The molecule has 0 spiro atoms. The van der Waals surface area contributed by atoms with Crippen molar-refractivity contribution in [2.45, 2.75) is 131 Å². The molecule has 0 N–H and O–H groups in total. The second-order valence-corrected chi connectivity index (χ2v) is 12.0. The summed E-state index contributed by atoms with van der Waals surface area (Å²) in [4.78, 5) is 0. The van der Waals surface area contributed by atoms with Gasteiger partial charge in [-0.2, -0.15) is 0 Å². The molecule has 0 saturated carbocycles. The summed E-state index contributed by atoms with van der Waals surface area (Å²) in [5.74, 6) is 3.24. The lowest BCUT2D eigenvalue weighted by Crippen LogP contribution is -2.06. The molecule has 2 atom stereocenters. The first-order valence-electron chi connectivity index (χ1n) is 15.7. The van der Waals surface area contributed by atoms with Crippen molar-refractivity contribution >= 4 is 0 Å². The molecule has 0 heterocycles. The van der Waals surface area contributed by atoms with Crippen LogP contribution in [0.3, 0.4) is 0 Å². The molecule has 0 fully saturated rings. The minimum atomic E-state index is 0.790. The molecule has 0 aromatic carbocycles. The zero-order chi connectivity index (χ0) is 26.7. The molecule has 0 aliphatic carbocycles. The van der Waals surface area contributed by atoms with Crippen molar-refractivity contribution in [2.24, 2.45) is 23.7 Å². The third kappa shape index (κ3) is 30.1. The van der Waals surface area contributed by atoms with Crippen molar-refractivity contribution in [3.8, 4) is 0 Å². The second-order valence-electron chi connectivity index (χ2n) is 12.0. The maximum atomic E-state index is 5.80. The Bertz CT molecular complexity index is 375. The van der Waals surface area contributed by atoms with Gasteiger partial charge in [0.25, 0.3) is 0 Å². The largest absolute Gasteiger partial charge is 0.381 e. The van der Waals surface area contributed by atoms with E-state index in [2.05, 4.69) is 41.5 Å². The number of rotatable bonds is 29. The first kappa shape index (κ1) is 35.8. The van der Waals surface area contributed by atoms with Gasteiger partial charge in [0.2, 0.25) is 0 Å². The van der Waals surface area contributed by atoms with Crippen molar-refractivity contribution < 1.29 is 18.9 Å². The van der Waals surface area contributed by atoms with Crippen molar-refractivity contribution in [2.75, 3.05) is 52.9 Å². The molecule has 0 amide bonds. The molecular weight excluding hydrogens is 448 g/mol. The van der Waals surface area contributed by atoms with E-state index in [0.29, 0.717) is 0 Å². The lowest BCUT2D eigenvalue weighted by Gasteiger charge is -2.12. The molecular formula is C32H66O4. The molecule has 2 unspecified atom stereocenters. The van der Waals surface area contributed by atoms with Crippen LogP contribution in [0.5, 0.6) is 0 Å². The second kappa shape index (κ2) is 27.9. The van der Waals surface area contributed by atoms with Crippen LogP contribution in [-0.4, -0.2) is 52.9 Å². The van der Waals surface area contributed by atoms with Gasteiger partial charge in [-0.15, -0.1) is 0 Å². The highest BCUT2D eigenvalue weighted by atomic mass is 16.5. The minimum absolute atomic E-state index is 0.790. The van der Waals surface area contributed by atoms with E-state index in [9.17, 15) is 0 Å². The fourth-order valence-electron chi connectivity index (χ4n) is 4.24. The SMILES string of the molecule is CC(C)CCCC(C)CCOCCCCOCCCCOCCCCOCCC(C)CCCC(C)C. The van der Waals surface area contributed by atoms with Gasteiger partial charge in [-0.05, 0) is 75.0 Å². The molecule has 0 aromatic heterocycles. The van der Waals surface area contributed by atoms with Gasteiger partial charge in [-0.3, -0.25) is 0 Å². The molecule has 218 valence electrons. The average molecular weight is 515 g/mol. The summed E-state index contributed by atoms with van der Waals surface area (Å²) in [5.41, 5.74) is 0. The van der Waals surface area contributed by atoms with Crippen molar-refractivity contribution in [3.63, 3.8) is 0 Å². The summed E-state index contributed by atoms with van der Waals surface area (Å²) < 4.78 is 23.1. The first-order valence-corrected chi connectivity index (χ1v) is 15.7. The fraction of sp³-hybridized carbons (Fsp3) is 1.00. The topological polar surface area (TPSA) is 36.9 Å². The molecule has 0 aliphatic heterocycles. The Balaban J connectivity index is 3.15. The van der Waals surface area contributed by atoms with E-state index in [4.69, 9.17) is 18.9 Å². The van der Waals surface area contributed by atoms with E-state index >= 15 is 0 Å². The van der Waals surface area contributed by atoms with Gasteiger partial charge in [0.1, 0.15) is 0 Å². The number of ether oxygens (including phenoxy) is 4. The quantitative estimate of drug-likeness (QED) is 0.0933. The number of hydrogen-bond donors (Lipinski definition) is 0. The summed E-state index contributed by atoms with van der Waals surface area (Å²) in [7, 11) is 0. The monoisotopic (exact) mass is 514 g/mol. The van der Waals surface area contributed by atoms with Crippen LogP contribution in [0.2, 0.25) is 0 Å². The van der Waals surface area contributed by atoms with E-state index in [0.717, 1.165) is 115 Å². The van der Waals surface area contributed by atoms with Crippen molar-refractivity contribution in [1.29, 1.82) is 0 Å². The normalized spacial score (nSPS) is 13.7. The molecule has 36 heavy (non-hydrogen) atoms. The van der Waals surface area contributed by atoms with Gasteiger partial charge in [0.15, 0.2) is 0 Å². The fourth-order valence-corrected chi connectivity index (χ4v) is 4.24. The van der Waals surface area contributed by atoms with E-state index in [-0.39, 0.29) is 0 Å². The Kier molecular flexibility index (Phi) is 27.7. The third-order valence-electron chi connectivity index (χ3n) is 6.95. The van der Waals surface area contributed by atoms with Gasteiger partial charge in [-0.25, -0.2) is 0 Å². The molecule has 0 radical (unpaired) electrons. The van der Waals surface area contributed by atoms with Crippen LogP contribution in [0.25, 0.3) is 0 Å². The number of hydrogen-bond acceptors (Lipinski definition) is 4. The molecule has 0 aromatic rings. The van der Waals surface area contributed by atoms with E-state index in [1.807, 2.05) is 0 Å². The lowest BCUT2D eigenvalue weighted by atomic mass is 9.98. The van der Waals surface area contributed by atoms with Gasteiger partial charge in [0.05, 0.1) is 0 Å². The number of unbranched alkanes of at least 4 members (excludes halogenated alkanes) is 3. The molecule has 0 aliphatic rings. The van der Waals surface area contributed by atoms with Crippen LogP contribution < -0.4 is 0 Å². The molecule has 0 rings (SSSR count). The maximum absolute atomic E-state index is 5.80. The predicted molar refractivity (Wildman–Crippen MR) is 156 cm³/mol. The van der Waals surface area contributed by atoms with E-state index in [1.54, 1.807) is 0 Å². The van der Waals surface area contributed by atoms with Crippen LogP contribution in [0.1, 0.15) is 131 Å². The molecule has 0 bridgehead atoms. The molecule has 4 heteroatoms. The summed E-state index contributed by atoms with van der Waals surface area (Å²) in [5, 5.41) is 0. The smallest absolute Gasteiger partial charge is 0.0468 e. The van der Waals surface area contributed by atoms with Gasteiger partial charge >= 0.3 is 0 Å². The van der Waals surface area contributed by atoms with Crippen LogP contribution in [-0.2, 0) is 18.9 Å². The van der Waals surface area contributed by atoms with Crippen LogP contribution in [0, 0.1) is 23.7 Å². The average Bonchev–Trinajstić information content (AvgIpc) is 2.82. The molecule has 4 nitrogen and oxygen atoms in total. The molecule has 0 saturated heterocycles. The third-order valence-corrected chi connectivity index (χ3v) is 6.95. The minimum Gasteiger partial charge on any atom is -0.381 e. The van der Waals surface area contributed by atoms with Gasteiger partial charge < -0.3 is 18.9 Å². The van der Waals surface area contributed by atoms with Crippen LogP contribution >= 0.6 is 0 Å². The Hall–Kier alpha value is -0.160. The van der Waals surface area contributed by atoms with Gasteiger partial charge in [-0.1, -0.05) is 80.1 Å². The lowest BCUT2D eigenvalue weighted by molar-refractivity contribution is 0.0819. The van der Waals surface area contributed by atoms with Crippen molar-refractivity contribution in [3.05, 3.63) is 0 Å². The Morgan fingerprint density at radius 2 is 0.583 bits per heavy atom. The predicted octanol–water partition coefficient (Wildman–Crippen LogP) is 9.10. The highest BCUT2D eigenvalue weighted by Gasteiger charge is 2.04. The van der Waals surface area contributed by atoms with Crippen LogP contribution in [0.15, 0.2) is 0 Å². The standard InChI is InChI=1S/C32H66O4/c1-29(2)15-13-17-31(5)19-27-35-25-11-9-23-33-21-7-8-22-34-24-10-12-26-36-28-20-32(6)18-14-16-30(3)4/h29-32H,7-28H2,1-6H3. The zero-order valence-electron chi connectivity index (χ0n) is 25.5. The summed E-state index contributed by atoms with van der Waals surface area (Å²) in [6, 6.07) is 0. The zero-order valence-corrected chi connectivity index (χ0v) is 25.5. The Morgan fingerprint density at radius 1 is 0.306 bits per heavy atom. The summed E-state index contributed by atoms with van der Waals surface area (Å²) in [6.45, 7) is 20.9. The van der Waals surface area contributed by atoms with E-state index < -0.39 is 0 Å². The summed E-state index contributed by atoms with van der Waals surface area (Å²) >= 11 is 0. The van der Waals surface area contributed by atoms with Gasteiger partial charge in [0, 0.05) is 52.9 Å². The Morgan fingerprint density at radius 3 is 0.861 bits per heavy atom. The van der Waals surface area contributed by atoms with E-state index in [1.165, 1.54) is 51.4 Å². The Labute approximate surface area is 227 Å². The highest BCUT2D eigenvalue weighted by molar-refractivity contribution is 4.56.